The number of rotatable bonds is 10. The number of amides is 1. The van der Waals surface area contributed by atoms with Gasteiger partial charge in [-0.25, -0.2) is 4.79 Å². The largest absolute Gasteiger partial charge is 0.471 e. The van der Waals surface area contributed by atoms with Crippen LogP contribution >= 0.6 is 0 Å². The molecule has 0 heterocycles. The maximum Gasteiger partial charge on any atom is 0.471 e. The second kappa shape index (κ2) is 9.95. The van der Waals surface area contributed by atoms with Crippen LogP contribution < -0.4 is 5.32 Å². The smallest absolute Gasteiger partial charge is 0.464 e. The number of halogens is 3. The summed E-state index contributed by atoms with van der Waals surface area (Å²) >= 11 is 0. The molecule has 0 spiro atoms. The minimum Gasteiger partial charge on any atom is -0.464 e. The summed E-state index contributed by atoms with van der Waals surface area (Å²) in [6.07, 6.45) is -1.56. The molecule has 1 N–H and O–H groups in total. The van der Waals surface area contributed by atoms with E-state index in [4.69, 9.17) is 4.74 Å². The van der Waals surface area contributed by atoms with Gasteiger partial charge in [0.25, 0.3) is 0 Å². The highest BCUT2D eigenvalue weighted by Gasteiger charge is 2.41. The van der Waals surface area contributed by atoms with Gasteiger partial charge in [-0.2, -0.15) is 13.2 Å². The third-order valence-electron chi connectivity index (χ3n) is 3.29. The van der Waals surface area contributed by atoms with Gasteiger partial charge in [-0.3, -0.25) is 4.79 Å². The molecule has 0 aliphatic heterocycles. The summed E-state index contributed by atoms with van der Waals surface area (Å²) in [6.45, 7) is 8.51. The van der Waals surface area contributed by atoms with Crippen molar-refractivity contribution >= 4 is 20.0 Å². The summed E-state index contributed by atoms with van der Waals surface area (Å²) in [5.74, 6) is -2.88. The van der Waals surface area contributed by atoms with E-state index in [0.717, 1.165) is 25.3 Å². The fourth-order valence-corrected chi connectivity index (χ4v) is 2.54. The number of ether oxygens (including phenoxy) is 1. The number of esters is 1. The van der Waals surface area contributed by atoms with Crippen LogP contribution in [0.5, 0.6) is 0 Å². The van der Waals surface area contributed by atoms with Crippen molar-refractivity contribution in [2.75, 3.05) is 6.61 Å². The Balaban J connectivity index is 4.56. The van der Waals surface area contributed by atoms with Crippen LogP contribution in [0, 0.1) is 0 Å². The van der Waals surface area contributed by atoms with Gasteiger partial charge in [-0.05, 0) is 12.5 Å². The number of carbonyl (C=O) groups excluding carboxylic acids is 2. The van der Waals surface area contributed by atoms with Crippen molar-refractivity contribution in [3.8, 4) is 0 Å². The fraction of sp³-hybridized carbons (Fsp3) is 0.867. The topological polar surface area (TPSA) is 55.4 Å². The first-order chi connectivity index (χ1) is 10.5. The van der Waals surface area contributed by atoms with Crippen LogP contribution in [-0.4, -0.2) is 38.8 Å². The SMILES string of the molecule is CCCCCC[C@H](NC(=O)C(F)(F)F)C(=O)OCC[Si](C)(C)C. The fourth-order valence-electron chi connectivity index (χ4n) is 1.82. The Labute approximate surface area is 137 Å². The van der Waals surface area contributed by atoms with Crippen molar-refractivity contribution in [3.05, 3.63) is 0 Å². The predicted octanol–water partition coefficient (Wildman–Crippen LogP) is 3.89. The maximum atomic E-state index is 12.4. The molecule has 0 rings (SSSR count). The van der Waals surface area contributed by atoms with Crippen molar-refractivity contribution in [1.82, 2.24) is 5.32 Å². The van der Waals surface area contributed by atoms with E-state index < -0.39 is 32.2 Å². The molecule has 8 heteroatoms. The number of hydrogen-bond donors (Lipinski definition) is 1. The van der Waals surface area contributed by atoms with Gasteiger partial charge in [0.05, 0.1) is 6.61 Å². The van der Waals surface area contributed by atoms with Crippen molar-refractivity contribution in [2.24, 2.45) is 0 Å². The van der Waals surface area contributed by atoms with Gasteiger partial charge in [-0.1, -0.05) is 52.2 Å². The Hall–Kier alpha value is -1.05. The van der Waals surface area contributed by atoms with Gasteiger partial charge < -0.3 is 10.1 Å². The summed E-state index contributed by atoms with van der Waals surface area (Å²) < 4.78 is 42.2. The predicted molar refractivity (Wildman–Crippen MR) is 85.9 cm³/mol. The third kappa shape index (κ3) is 11.2. The van der Waals surface area contributed by atoms with E-state index in [9.17, 15) is 22.8 Å². The molecule has 0 radical (unpaired) electrons. The number of nitrogens with one attached hydrogen (secondary N) is 1. The van der Waals surface area contributed by atoms with Crippen LogP contribution in [-0.2, 0) is 14.3 Å². The van der Waals surface area contributed by atoms with Crippen molar-refractivity contribution in [1.29, 1.82) is 0 Å². The van der Waals surface area contributed by atoms with Crippen LogP contribution in [0.2, 0.25) is 25.7 Å². The standard InChI is InChI=1S/C15H28F3NO3Si/c1-5-6-7-8-9-12(19-14(21)15(16,17)18)13(20)22-10-11-23(2,3)4/h12H,5-11H2,1-4H3,(H,19,21)/t12-/m0/s1. The molecule has 0 unspecified atom stereocenters. The molecule has 0 aliphatic carbocycles. The summed E-state index contributed by atoms with van der Waals surface area (Å²) in [5.41, 5.74) is 0. The Morgan fingerprint density at radius 1 is 1.13 bits per heavy atom. The zero-order valence-electron chi connectivity index (χ0n) is 14.4. The molecular formula is C15H28F3NO3Si. The second-order valence-corrected chi connectivity index (χ2v) is 12.5. The van der Waals surface area contributed by atoms with Crippen LogP contribution in [0.3, 0.4) is 0 Å². The van der Waals surface area contributed by atoms with E-state index in [1.807, 2.05) is 6.92 Å². The molecule has 0 aromatic heterocycles. The molecule has 23 heavy (non-hydrogen) atoms. The number of carbonyl (C=O) groups is 2. The average Bonchev–Trinajstić information content (AvgIpc) is 2.39. The lowest BCUT2D eigenvalue weighted by molar-refractivity contribution is -0.176. The molecule has 4 nitrogen and oxygen atoms in total. The molecule has 0 saturated heterocycles. The lowest BCUT2D eigenvalue weighted by atomic mass is 10.1. The van der Waals surface area contributed by atoms with Crippen molar-refractivity contribution in [3.63, 3.8) is 0 Å². The average molecular weight is 355 g/mol. The molecule has 0 aliphatic rings. The normalized spacial score (nSPS) is 13.5. The summed E-state index contributed by atoms with van der Waals surface area (Å²) in [5, 5.41) is 1.75. The van der Waals surface area contributed by atoms with Crippen molar-refractivity contribution in [2.45, 2.75) is 76.9 Å². The highest BCUT2D eigenvalue weighted by atomic mass is 28.3. The first-order valence-electron chi connectivity index (χ1n) is 8.01. The zero-order chi connectivity index (χ0) is 18.1. The van der Waals surface area contributed by atoms with Crippen molar-refractivity contribution < 1.29 is 27.5 Å². The van der Waals surface area contributed by atoms with Gasteiger partial charge >= 0.3 is 18.1 Å². The summed E-state index contributed by atoms with van der Waals surface area (Å²) in [4.78, 5) is 23.0. The Morgan fingerprint density at radius 3 is 2.22 bits per heavy atom. The van der Waals surface area contributed by atoms with Gasteiger partial charge in [0, 0.05) is 8.07 Å². The first kappa shape index (κ1) is 21.9. The second-order valence-electron chi connectivity index (χ2n) is 6.85. The van der Waals surface area contributed by atoms with Crippen LogP contribution in [0.15, 0.2) is 0 Å². The van der Waals surface area contributed by atoms with E-state index >= 15 is 0 Å². The van der Waals surface area contributed by atoms with E-state index in [0.29, 0.717) is 6.42 Å². The van der Waals surface area contributed by atoms with E-state index in [2.05, 4.69) is 19.6 Å². The molecule has 0 aromatic carbocycles. The Morgan fingerprint density at radius 2 is 1.74 bits per heavy atom. The highest BCUT2D eigenvalue weighted by Crippen LogP contribution is 2.16. The molecule has 0 saturated carbocycles. The first-order valence-corrected chi connectivity index (χ1v) is 11.7. The maximum absolute atomic E-state index is 12.4. The van der Waals surface area contributed by atoms with Gasteiger partial charge in [0.15, 0.2) is 0 Å². The van der Waals surface area contributed by atoms with E-state index in [-0.39, 0.29) is 13.0 Å². The minimum absolute atomic E-state index is 0.160. The van der Waals surface area contributed by atoms with Gasteiger partial charge in [-0.15, -0.1) is 0 Å². The molecule has 136 valence electrons. The molecule has 1 atom stereocenters. The third-order valence-corrected chi connectivity index (χ3v) is 4.99. The van der Waals surface area contributed by atoms with Crippen LogP contribution in [0.25, 0.3) is 0 Å². The number of alkyl halides is 3. The highest BCUT2D eigenvalue weighted by molar-refractivity contribution is 6.76. The number of unbranched alkanes of at least 4 members (excludes halogenated alkanes) is 3. The Kier molecular flexibility index (Phi) is 9.49. The lowest BCUT2D eigenvalue weighted by Crippen LogP contribution is -2.47. The quantitative estimate of drug-likeness (QED) is 0.367. The van der Waals surface area contributed by atoms with Gasteiger partial charge in [0.1, 0.15) is 6.04 Å². The zero-order valence-corrected chi connectivity index (χ0v) is 15.4. The van der Waals surface area contributed by atoms with Crippen LogP contribution in [0.4, 0.5) is 13.2 Å². The van der Waals surface area contributed by atoms with E-state index in [1.54, 1.807) is 5.32 Å². The van der Waals surface area contributed by atoms with Crippen LogP contribution in [0.1, 0.15) is 39.0 Å². The van der Waals surface area contributed by atoms with Gasteiger partial charge in [0.2, 0.25) is 0 Å². The molecular weight excluding hydrogens is 327 g/mol. The van der Waals surface area contributed by atoms with E-state index in [1.165, 1.54) is 0 Å². The molecule has 0 fully saturated rings. The minimum atomic E-state index is -5.00. The molecule has 1 amide bonds. The lowest BCUT2D eigenvalue weighted by Gasteiger charge is -2.20. The molecule has 0 bridgehead atoms. The summed E-state index contributed by atoms with van der Waals surface area (Å²) in [7, 11) is -1.40. The monoisotopic (exact) mass is 355 g/mol. The summed E-state index contributed by atoms with van der Waals surface area (Å²) in [6, 6.07) is -0.503. The Bertz CT molecular complexity index is 381. The molecule has 0 aromatic rings. The number of hydrogen-bond acceptors (Lipinski definition) is 3.